The lowest BCUT2D eigenvalue weighted by atomic mass is 10.1. The summed E-state index contributed by atoms with van der Waals surface area (Å²) < 4.78 is 12.9. The molecular weight excluding hydrogens is 206 g/mol. The zero-order chi connectivity index (χ0) is 11.2. The van der Waals surface area contributed by atoms with E-state index >= 15 is 0 Å². The maximum Gasteiger partial charge on any atom is 0.181 e. The highest BCUT2D eigenvalue weighted by Gasteiger charge is 2.27. The van der Waals surface area contributed by atoms with E-state index in [1.807, 2.05) is 10.7 Å². The van der Waals surface area contributed by atoms with Gasteiger partial charge in [-0.3, -0.25) is 4.68 Å². The normalized spacial score (nSPS) is 18.4. The van der Waals surface area contributed by atoms with Gasteiger partial charge in [0.05, 0.1) is 30.6 Å². The molecule has 0 unspecified atom stereocenters. The quantitative estimate of drug-likeness (QED) is 0.734. The Morgan fingerprint density at radius 1 is 1.44 bits per heavy atom. The van der Waals surface area contributed by atoms with Crippen LogP contribution in [0.15, 0.2) is 23.1 Å². The van der Waals surface area contributed by atoms with Crippen molar-refractivity contribution in [3.63, 3.8) is 0 Å². The molecule has 0 bridgehead atoms. The minimum Gasteiger partial charge on any atom is -0.442 e. The smallest absolute Gasteiger partial charge is 0.181 e. The van der Waals surface area contributed by atoms with Gasteiger partial charge in [-0.1, -0.05) is 0 Å². The predicted octanol–water partition coefficient (Wildman–Crippen LogP) is 1.85. The van der Waals surface area contributed by atoms with Gasteiger partial charge in [0.15, 0.2) is 12.2 Å². The number of hydrogen-bond donors (Lipinski definition) is 0. The number of rotatable bonds is 1. The molecule has 0 saturated heterocycles. The van der Waals surface area contributed by atoms with Crippen LogP contribution in [0.1, 0.15) is 19.5 Å². The van der Waals surface area contributed by atoms with Crippen molar-refractivity contribution in [1.82, 2.24) is 14.8 Å². The molecule has 3 rings (SSSR count). The molecule has 3 heterocycles. The van der Waals surface area contributed by atoms with Crippen molar-refractivity contribution in [1.29, 1.82) is 0 Å². The van der Waals surface area contributed by atoms with Gasteiger partial charge >= 0.3 is 0 Å². The maximum absolute atomic E-state index is 5.72. The van der Waals surface area contributed by atoms with Gasteiger partial charge in [-0.15, -0.1) is 0 Å². The Morgan fingerprint density at radius 3 is 3.06 bits per heavy atom. The third kappa shape index (κ3) is 1.53. The van der Waals surface area contributed by atoms with E-state index in [9.17, 15) is 0 Å². The first-order valence-corrected chi connectivity index (χ1v) is 5.24. The number of ether oxygens (including phenoxy) is 1. The van der Waals surface area contributed by atoms with Crippen molar-refractivity contribution < 1.29 is 9.15 Å². The second kappa shape index (κ2) is 3.18. The van der Waals surface area contributed by atoms with Gasteiger partial charge < -0.3 is 9.15 Å². The highest BCUT2D eigenvalue weighted by molar-refractivity contribution is 5.50. The van der Waals surface area contributed by atoms with Crippen molar-refractivity contribution >= 4 is 0 Å². The molecule has 0 atom stereocenters. The van der Waals surface area contributed by atoms with Gasteiger partial charge in [-0.05, 0) is 19.9 Å². The summed E-state index contributed by atoms with van der Waals surface area (Å²) in [5.74, 6) is 0.694. The lowest BCUT2D eigenvalue weighted by Gasteiger charge is -2.30. The summed E-state index contributed by atoms with van der Waals surface area (Å²) in [6.45, 7) is 5.47. The highest BCUT2D eigenvalue weighted by Crippen LogP contribution is 2.26. The van der Waals surface area contributed by atoms with E-state index in [4.69, 9.17) is 9.15 Å². The summed E-state index contributed by atoms with van der Waals surface area (Å²) >= 11 is 0. The van der Waals surface area contributed by atoms with Crippen LogP contribution in [0.5, 0.6) is 0 Å². The summed E-state index contributed by atoms with van der Waals surface area (Å²) in [5, 5.41) is 4.49. The van der Waals surface area contributed by atoms with Gasteiger partial charge in [-0.25, -0.2) is 4.98 Å². The molecule has 1 aliphatic rings. The molecule has 1 aliphatic heterocycles. The number of nitrogens with zero attached hydrogens (tertiary/aromatic N) is 3. The van der Waals surface area contributed by atoms with E-state index < -0.39 is 0 Å². The Labute approximate surface area is 93.0 Å². The van der Waals surface area contributed by atoms with Crippen molar-refractivity contribution in [3.8, 4) is 11.5 Å². The molecule has 84 valence electrons. The molecule has 16 heavy (non-hydrogen) atoms. The van der Waals surface area contributed by atoms with Crippen molar-refractivity contribution in [3.05, 3.63) is 24.4 Å². The number of hydrogen-bond acceptors (Lipinski definition) is 4. The van der Waals surface area contributed by atoms with E-state index in [-0.39, 0.29) is 5.60 Å². The lowest BCUT2D eigenvalue weighted by molar-refractivity contribution is -0.0660. The SMILES string of the molecule is CC1(C)Cn2nc(-c3cnco3)cc2CO1. The van der Waals surface area contributed by atoms with Crippen LogP contribution in [0.4, 0.5) is 0 Å². The molecule has 0 saturated carbocycles. The van der Waals surface area contributed by atoms with E-state index in [1.54, 1.807) is 6.20 Å². The Morgan fingerprint density at radius 2 is 2.31 bits per heavy atom. The molecule has 5 nitrogen and oxygen atoms in total. The van der Waals surface area contributed by atoms with Gasteiger partial charge in [0, 0.05) is 0 Å². The third-order valence-corrected chi connectivity index (χ3v) is 2.69. The van der Waals surface area contributed by atoms with Crippen LogP contribution in [0.3, 0.4) is 0 Å². The van der Waals surface area contributed by atoms with Crippen molar-refractivity contribution in [2.24, 2.45) is 0 Å². The summed E-state index contributed by atoms with van der Waals surface area (Å²) in [6.07, 6.45) is 3.08. The first kappa shape index (κ1) is 9.59. The Hall–Kier alpha value is -1.62. The molecule has 0 spiro atoms. The molecule has 0 fully saturated rings. The zero-order valence-electron chi connectivity index (χ0n) is 9.30. The van der Waals surface area contributed by atoms with Crippen LogP contribution >= 0.6 is 0 Å². The Bertz CT molecular complexity index is 499. The summed E-state index contributed by atoms with van der Waals surface area (Å²) in [5.41, 5.74) is 1.73. The van der Waals surface area contributed by atoms with Crippen LogP contribution < -0.4 is 0 Å². The van der Waals surface area contributed by atoms with Crippen LogP contribution in [0.2, 0.25) is 0 Å². The van der Waals surface area contributed by atoms with Gasteiger partial charge in [0.25, 0.3) is 0 Å². The second-order valence-corrected chi connectivity index (χ2v) is 4.59. The highest BCUT2D eigenvalue weighted by atomic mass is 16.5. The largest absolute Gasteiger partial charge is 0.442 e. The number of aromatic nitrogens is 3. The van der Waals surface area contributed by atoms with E-state index in [0.717, 1.165) is 17.9 Å². The van der Waals surface area contributed by atoms with Gasteiger partial charge in [-0.2, -0.15) is 5.10 Å². The second-order valence-electron chi connectivity index (χ2n) is 4.59. The van der Waals surface area contributed by atoms with Crippen molar-refractivity contribution in [2.75, 3.05) is 0 Å². The Kier molecular flexibility index (Phi) is 1.91. The van der Waals surface area contributed by atoms with Gasteiger partial charge in [0.1, 0.15) is 5.69 Å². The first-order valence-electron chi connectivity index (χ1n) is 5.24. The van der Waals surface area contributed by atoms with Crippen LogP contribution in [-0.2, 0) is 17.9 Å². The van der Waals surface area contributed by atoms with E-state index in [1.165, 1.54) is 6.39 Å². The molecule has 0 aliphatic carbocycles. The fourth-order valence-electron chi connectivity index (χ4n) is 1.85. The van der Waals surface area contributed by atoms with E-state index in [2.05, 4.69) is 23.9 Å². The molecule has 0 amide bonds. The number of oxazole rings is 1. The fourth-order valence-corrected chi connectivity index (χ4v) is 1.85. The summed E-state index contributed by atoms with van der Waals surface area (Å²) in [6, 6.07) is 1.98. The summed E-state index contributed by atoms with van der Waals surface area (Å²) in [7, 11) is 0. The fraction of sp³-hybridized carbons (Fsp3) is 0.455. The molecular formula is C11H13N3O2. The molecule has 2 aromatic rings. The molecule has 2 aromatic heterocycles. The standard InChI is InChI=1S/C11H13N3O2/c1-11(2)6-14-8(5-16-11)3-9(13-14)10-4-12-7-15-10/h3-4,7H,5-6H2,1-2H3. The average molecular weight is 219 g/mol. The minimum atomic E-state index is -0.155. The topological polar surface area (TPSA) is 53.1 Å². The van der Waals surface area contributed by atoms with E-state index in [0.29, 0.717) is 12.4 Å². The minimum absolute atomic E-state index is 0.155. The first-order chi connectivity index (χ1) is 7.64. The molecule has 0 aromatic carbocycles. The van der Waals surface area contributed by atoms with Crippen LogP contribution in [-0.4, -0.2) is 20.4 Å². The van der Waals surface area contributed by atoms with Gasteiger partial charge in [0.2, 0.25) is 0 Å². The predicted molar refractivity (Wildman–Crippen MR) is 56.6 cm³/mol. The van der Waals surface area contributed by atoms with Crippen LogP contribution in [0, 0.1) is 0 Å². The molecule has 5 heteroatoms. The summed E-state index contributed by atoms with van der Waals surface area (Å²) in [4.78, 5) is 3.89. The van der Waals surface area contributed by atoms with Crippen molar-refractivity contribution in [2.45, 2.75) is 32.6 Å². The third-order valence-electron chi connectivity index (χ3n) is 2.69. The molecule has 0 radical (unpaired) electrons. The monoisotopic (exact) mass is 219 g/mol. The molecule has 0 N–H and O–H groups in total. The van der Waals surface area contributed by atoms with Crippen LogP contribution in [0.25, 0.3) is 11.5 Å². The number of fused-ring (bicyclic) bond motifs is 1. The maximum atomic E-state index is 5.72. The average Bonchev–Trinajstić information content (AvgIpc) is 2.81. The lowest BCUT2D eigenvalue weighted by Crippen LogP contribution is -2.36. The Balaban J connectivity index is 1.99. The zero-order valence-corrected chi connectivity index (χ0v) is 9.30.